The standard InChI is InChI=1S/C32H32N2S/c1-19(2)16-23-12-10-20-11-13-25-28-27(35-31(25)30(20)34-23)14-15-33-29(28)22-17-21-8-6-7-9-24(21)26(18-22)32(3,4)5/h6-10,12,14-15,17-19H,11,13,16H2,1-5H3. The number of pyridine rings is 2. The molecule has 2 nitrogen and oxygen atoms in total. The number of nitrogens with zero attached hydrogens (tertiary/aromatic N) is 2. The largest absolute Gasteiger partial charge is 0.256 e. The van der Waals surface area contributed by atoms with Crippen LogP contribution in [0.15, 0.2) is 60.8 Å². The summed E-state index contributed by atoms with van der Waals surface area (Å²) in [6.45, 7) is 11.4. The molecule has 0 saturated heterocycles. The molecule has 0 radical (unpaired) electrons. The molecule has 176 valence electrons. The Morgan fingerprint density at radius 2 is 1.77 bits per heavy atom. The lowest BCUT2D eigenvalue weighted by atomic mass is 9.82. The summed E-state index contributed by atoms with van der Waals surface area (Å²) < 4.78 is 1.31. The van der Waals surface area contributed by atoms with E-state index >= 15 is 0 Å². The average Bonchev–Trinajstić information content (AvgIpc) is 3.22. The maximum absolute atomic E-state index is 5.17. The average molecular weight is 477 g/mol. The highest BCUT2D eigenvalue weighted by molar-refractivity contribution is 7.22. The van der Waals surface area contributed by atoms with Crippen LogP contribution in [0.2, 0.25) is 0 Å². The highest BCUT2D eigenvalue weighted by Gasteiger charge is 2.26. The predicted octanol–water partition coefficient (Wildman–Crippen LogP) is 8.77. The number of hydrogen-bond donors (Lipinski definition) is 0. The van der Waals surface area contributed by atoms with E-state index in [0.29, 0.717) is 5.92 Å². The van der Waals surface area contributed by atoms with Crippen LogP contribution >= 0.6 is 11.3 Å². The van der Waals surface area contributed by atoms with Crippen molar-refractivity contribution in [2.45, 2.75) is 59.3 Å². The van der Waals surface area contributed by atoms with E-state index in [1.54, 1.807) is 0 Å². The number of thiophene rings is 1. The molecule has 6 rings (SSSR count). The van der Waals surface area contributed by atoms with Gasteiger partial charge in [0.25, 0.3) is 0 Å². The van der Waals surface area contributed by atoms with Gasteiger partial charge in [-0.05, 0) is 82.3 Å². The van der Waals surface area contributed by atoms with E-state index < -0.39 is 0 Å². The van der Waals surface area contributed by atoms with Gasteiger partial charge in [0.2, 0.25) is 0 Å². The Labute approximate surface area is 212 Å². The lowest BCUT2D eigenvalue weighted by Crippen LogP contribution is -2.12. The fourth-order valence-corrected chi connectivity index (χ4v) is 6.81. The van der Waals surface area contributed by atoms with Crippen LogP contribution in [0, 0.1) is 5.92 Å². The molecule has 0 fully saturated rings. The fraction of sp³-hybridized carbons (Fsp3) is 0.312. The lowest BCUT2D eigenvalue weighted by molar-refractivity contribution is 0.596. The van der Waals surface area contributed by atoms with E-state index in [9.17, 15) is 0 Å². The molecule has 0 aliphatic heterocycles. The van der Waals surface area contributed by atoms with Gasteiger partial charge in [-0.1, -0.05) is 65.0 Å². The van der Waals surface area contributed by atoms with Gasteiger partial charge in [-0.25, -0.2) is 0 Å². The van der Waals surface area contributed by atoms with Crippen LogP contribution in [0.5, 0.6) is 0 Å². The van der Waals surface area contributed by atoms with Gasteiger partial charge in [0.05, 0.1) is 16.3 Å². The summed E-state index contributed by atoms with van der Waals surface area (Å²) in [5.41, 5.74) is 8.96. The first-order chi connectivity index (χ1) is 16.8. The maximum atomic E-state index is 5.17. The summed E-state index contributed by atoms with van der Waals surface area (Å²) in [7, 11) is 0. The number of hydrogen-bond acceptors (Lipinski definition) is 3. The van der Waals surface area contributed by atoms with Gasteiger partial charge in [-0.3, -0.25) is 9.97 Å². The van der Waals surface area contributed by atoms with Gasteiger partial charge in [0, 0.05) is 27.5 Å². The van der Waals surface area contributed by atoms with Crippen molar-refractivity contribution in [1.29, 1.82) is 0 Å². The van der Waals surface area contributed by atoms with Crippen molar-refractivity contribution in [2.75, 3.05) is 0 Å². The number of fused-ring (bicyclic) bond motifs is 6. The first-order valence-corrected chi connectivity index (χ1v) is 13.5. The number of aromatic nitrogens is 2. The summed E-state index contributed by atoms with van der Waals surface area (Å²) in [5, 5.41) is 3.94. The van der Waals surface area contributed by atoms with Gasteiger partial charge in [-0.15, -0.1) is 11.3 Å². The highest BCUT2D eigenvalue weighted by Crippen LogP contribution is 2.46. The monoisotopic (exact) mass is 476 g/mol. The minimum atomic E-state index is 0.0489. The van der Waals surface area contributed by atoms with Gasteiger partial charge in [0.15, 0.2) is 0 Å². The first-order valence-electron chi connectivity index (χ1n) is 12.7. The van der Waals surface area contributed by atoms with Crippen molar-refractivity contribution in [2.24, 2.45) is 5.92 Å². The van der Waals surface area contributed by atoms with E-state index in [4.69, 9.17) is 9.97 Å². The summed E-state index contributed by atoms with van der Waals surface area (Å²) in [6, 6.07) is 20.2. The minimum absolute atomic E-state index is 0.0489. The molecule has 0 amide bonds. The summed E-state index contributed by atoms with van der Waals surface area (Å²) in [4.78, 5) is 11.5. The Bertz CT molecular complexity index is 1580. The fourth-order valence-electron chi connectivity index (χ4n) is 5.54. The lowest BCUT2D eigenvalue weighted by Gasteiger charge is -2.23. The van der Waals surface area contributed by atoms with E-state index in [0.717, 1.165) is 25.0 Å². The molecule has 0 unspecified atom stereocenters. The van der Waals surface area contributed by atoms with Crippen molar-refractivity contribution < 1.29 is 0 Å². The molecule has 35 heavy (non-hydrogen) atoms. The maximum Gasteiger partial charge on any atom is 0.0840 e. The summed E-state index contributed by atoms with van der Waals surface area (Å²) in [6.07, 6.45) is 5.09. The van der Waals surface area contributed by atoms with E-state index in [1.807, 2.05) is 17.5 Å². The van der Waals surface area contributed by atoms with Crippen molar-refractivity contribution in [1.82, 2.24) is 9.97 Å². The summed E-state index contributed by atoms with van der Waals surface area (Å²) in [5.74, 6) is 0.603. The normalized spacial score (nSPS) is 13.4. The smallest absolute Gasteiger partial charge is 0.0840 e. The first kappa shape index (κ1) is 22.4. The molecule has 0 spiro atoms. The number of aryl methyl sites for hydroxylation is 2. The van der Waals surface area contributed by atoms with Crippen LogP contribution in [0.3, 0.4) is 0 Å². The third-order valence-corrected chi connectivity index (χ3v) is 8.36. The van der Waals surface area contributed by atoms with Crippen LogP contribution in [-0.4, -0.2) is 9.97 Å². The molecule has 1 aliphatic carbocycles. The SMILES string of the molecule is CC(C)Cc1ccc2c(n1)-c1sc3ccnc(-c4cc(C(C)(C)C)c5ccccc5c4)c3c1CC2. The molecular weight excluding hydrogens is 444 g/mol. The Kier molecular flexibility index (Phi) is 5.30. The zero-order valence-electron chi connectivity index (χ0n) is 21.3. The van der Waals surface area contributed by atoms with Gasteiger partial charge in [-0.2, -0.15) is 0 Å². The van der Waals surface area contributed by atoms with Crippen LogP contribution in [0.1, 0.15) is 57.0 Å². The molecule has 1 aliphatic rings. The third kappa shape index (κ3) is 3.87. The molecule has 0 bridgehead atoms. The second-order valence-electron chi connectivity index (χ2n) is 11.3. The molecule has 0 atom stereocenters. The van der Waals surface area contributed by atoms with Crippen molar-refractivity contribution in [3.8, 4) is 21.8 Å². The third-order valence-electron chi connectivity index (χ3n) is 7.16. The van der Waals surface area contributed by atoms with Gasteiger partial charge in [0.1, 0.15) is 0 Å². The quantitative estimate of drug-likeness (QED) is 0.260. The Morgan fingerprint density at radius 1 is 0.943 bits per heavy atom. The van der Waals surface area contributed by atoms with E-state index in [2.05, 4.69) is 89.2 Å². The number of rotatable bonds is 3. The Morgan fingerprint density at radius 3 is 2.57 bits per heavy atom. The molecule has 0 N–H and O–H groups in total. The second-order valence-corrected chi connectivity index (χ2v) is 12.4. The van der Waals surface area contributed by atoms with Crippen molar-refractivity contribution in [3.63, 3.8) is 0 Å². The molecule has 3 heterocycles. The van der Waals surface area contributed by atoms with Crippen LogP contribution in [0.25, 0.3) is 42.7 Å². The second kappa shape index (κ2) is 8.27. The Hall–Kier alpha value is -3.04. The molecule has 2 aromatic carbocycles. The molecule has 5 aromatic rings. The van der Waals surface area contributed by atoms with Crippen molar-refractivity contribution in [3.05, 3.63) is 83.2 Å². The topological polar surface area (TPSA) is 25.8 Å². The van der Waals surface area contributed by atoms with Crippen LogP contribution < -0.4 is 0 Å². The number of benzene rings is 2. The predicted molar refractivity (Wildman–Crippen MR) is 150 cm³/mol. The molecule has 3 heteroatoms. The van der Waals surface area contributed by atoms with Crippen LogP contribution in [0.4, 0.5) is 0 Å². The van der Waals surface area contributed by atoms with E-state index in [-0.39, 0.29) is 5.41 Å². The van der Waals surface area contributed by atoms with E-state index in [1.165, 1.54) is 59.4 Å². The highest BCUT2D eigenvalue weighted by atomic mass is 32.1. The van der Waals surface area contributed by atoms with Crippen molar-refractivity contribution >= 4 is 32.2 Å². The zero-order chi connectivity index (χ0) is 24.3. The van der Waals surface area contributed by atoms with Gasteiger partial charge < -0.3 is 0 Å². The summed E-state index contributed by atoms with van der Waals surface area (Å²) >= 11 is 1.89. The Balaban J connectivity index is 1.58. The minimum Gasteiger partial charge on any atom is -0.256 e. The molecule has 0 saturated carbocycles. The zero-order valence-corrected chi connectivity index (χ0v) is 22.1. The molecular formula is C32H32N2S. The van der Waals surface area contributed by atoms with Gasteiger partial charge >= 0.3 is 0 Å². The van der Waals surface area contributed by atoms with Crippen LogP contribution in [-0.2, 0) is 24.7 Å². The molecule has 3 aromatic heterocycles.